The molecule has 0 radical (unpaired) electrons. The van der Waals surface area contributed by atoms with Crippen molar-refractivity contribution in [3.8, 4) is 0 Å². The number of amides is 1. The molecule has 0 fully saturated rings. The summed E-state index contributed by atoms with van der Waals surface area (Å²) >= 11 is 0. The number of hydrogen-bond acceptors (Lipinski definition) is 3. The number of carbonyl (C=O) groups is 2. The van der Waals surface area contributed by atoms with Crippen molar-refractivity contribution in [1.82, 2.24) is 15.3 Å². The molecule has 1 aromatic heterocycles. The predicted molar refractivity (Wildman–Crippen MR) is 149 cm³/mol. The minimum Gasteiger partial charge on any atom is -0.480 e. The number of aromatic amines is 1. The van der Waals surface area contributed by atoms with Crippen LogP contribution in [0.25, 0.3) is 0 Å². The highest BCUT2D eigenvalue weighted by atomic mass is 16.4. The Balaban J connectivity index is 1.80. The van der Waals surface area contributed by atoms with Crippen molar-refractivity contribution in [3.05, 3.63) is 18.2 Å². The second-order valence-electron chi connectivity index (χ2n) is 10.6. The van der Waals surface area contributed by atoms with E-state index >= 15 is 0 Å². The van der Waals surface area contributed by atoms with Crippen molar-refractivity contribution < 1.29 is 14.7 Å². The van der Waals surface area contributed by atoms with Gasteiger partial charge in [-0.25, -0.2) is 9.78 Å². The summed E-state index contributed by atoms with van der Waals surface area (Å²) in [6.07, 6.45) is 31.8. The van der Waals surface area contributed by atoms with Crippen molar-refractivity contribution in [2.45, 2.75) is 161 Å². The normalized spacial score (nSPS) is 12.0. The van der Waals surface area contributed by atoms with Gasteiger partial charge in [0.15, 0.2) is 0 Å². The molecule has 0 aliphatic heterocycles. The molecule has 0 aliphatic carbocycles. The molecule has 1 atom stereocenters. The Bertz CT molecular complexity index is 633. The first-order chi connectivity index (χ1) is 17.6. The van der Waals surface area contributed by atoms with E-state index in [4.69, 9.17) is 0 Å². The van der Waals surface area contributed by atoms with Gasteiger partial charge in [0.25, 0.3) is 0 Å². The molecule has 6 nitrogen and oxygen atoms in total. The number of carbonyl (C=O) groups excluding carboxylic acids is 1. The fourth-order valence-electron chi connectivity index (χ4n) is 4.80. The first kappa shape index (κ1) is 32.2. The van der Waals surface area contributed by atoms with E-state index < -0.39 is 12.0 Å². The van der Waals surface area contributed by atoms with Crippen LogP contribution in [0.5, 0.6) is 0 Å². The molecule has 1 aromatic rings. The number of H-pyrrole nitrogens is 1. The van der Waals surface area contributed by atoms with Gasteiger partial charge in [0, 0.05) is 24.7 Å². The van der Waals surface area contributed by atoms with Crippen molar-refractivity contribution in [1.29, 1.82) is 0 Å². The number of imidazole rings is 1. The summed E-state index contributed by atoms with van der Waals surface area (Å²) in [4.78, 5) is 30.2. The zero-order valence-corrected chi connectivity index (χ0v) is 23.2. The van der Waals surface area contributed by atoms with Crippen LogP contribution in [0.2, 0.25) is 0 Å². The molecule has 1 amide bonds. The van der Waals surface area contributed by atoms with E-state index in [1.54, 1.807) is 6.20 Å². The quantitative estimate of drug-likeness (QED) is 0.111. The number of unbranched alkanes of at least 4 members (excludes halogenated alkanes) is 20. The first-order valence-electron chi connectivity index (χ1n) is 15.1. The maximum Gasteiger partial charge on any atom is 0.326 e. The van der Waals surface area contributed by atoms with Crippen LogP contribution in [0, 0.1) is 0 Å². The van der Waals surface area contributed by atoms with Gasteiger partial charge in [0.05, 0.1) is 6.33 Å². The predicted octanol–water partition coefficient (Wildman–Crippen LogP) is 8.12. The minimum atomic E-state index is -1.02. The molecule has 0 bridgehead atoms. The topological polar surface area (TPSA) is 95.1 Å². The third-order valence-electron chi connectivity index (χ3n) is 7.12. The molecule has 0 spiro atoms. The minimum absolute atomic E-state index is 0.181. The average molecular weight is 506 g/mol. The summed E-state index contributed by atoms with van der Waals surface area (Å²) in [5, 5.41) is 11.9. The fourth-order valence-corrected chi connectivity index (χ4v) is 4.80. The van der Waals surface area contributed by atoms with Gasteiger partial charge in [-0.1, -0.05) is 135 Å². The third-order valence-corrected chi connectivity index (χ3v) is 7.12. The lowest BCUT2D eigenvalue weighted by Crippen LogP contribution is -2.42. The van der Waals surface area contributed by atoms with Gasteiger partial charge in [-0.15, -0.1) is 0 Å². The lowest BCUT2D eigenvalue weighted by Gasteiger charge is -2.13. The molecule has 208 valence electrons. The summed E-state index contributed by atoms with van der Waals surface area (Å²) in [5.74, 6) is -1.20. The average Bonchev–Trinajstić information content (AvgIpc) is 3.37. The van der Waals surface area contributed by atoms with E-state index in [2.05, 4.69) is 22.2 Å². The molecular formula is C30H55N3O3. The maximum atomic E-state index is 12.1. The Morgan fingerprint density at radius 2 is 1.17 bits per heavy atom. The van der Waals surface area contributed by atoms with E-state index in [-0.39, 0.29) is 12.3 Å². The number of nitrogens with zero attached hydrogens (tertiary/aromatic N) is 1. The van der Waals surface area contributed by atoms with Crippen LogP contribution < -0.4 is 5.32 Å². The Hall–Kier alpha value is -1.85. The number of rotatable bonds is 26. The molecule has 0 aliphatic rings. The van der Waals surface area contributed by atoms with Crippen LogP contribution in [0.4, 0.5) is 0 Å². The van der Waals surface area contributed by atoms with Gasteiger partial charge in [0.1, 0.15) is 6.04 Å². The van der Waals surface area contributed by atoms with E-state index in [1.807, 2.05) is 0 Å². The number of hydrogen-bond donors (Lipinski definition) is 3. The third kappa shape index (κ3) is 19.4. The Kier molecular flexibility index (Phi) is 21.0. The number of aliphatic carboxylic acids is 1. The van der Waals surface area contributed by atoms with Crippen LogP contribution >= 0.6 is 0 Å². The Morgan fingerprint density at radius 3 is 1.53 bits per heavy atom. The second kappa shape index (κ2) is 23.5. The summed E-state index contributed by atoms with van der Waals surface area (Å²) in [7, 11) is 0. The monoisotopic (exact) mass is 505 g/mol. The fraction of sp³-hybridized carbons (Fsp3) is 0.833. The zero-order valence-electron chi connectivity index (χ0n) is 23.2. The second-order valence-corrected chi connectivity index (χ2v) is 10.6. The van der Waals surface area contributed by atoms with Crippen LogP contribution in [-0.4, -0.2) is 33.0 Å². The van der Waals surface area contributed by atoms with E-state index in [1.165, 1.54) is 122 Å². The van der Waals surface area contributed by atoms with Crippen molar-refractivity contribution in [2.24, 2.45) is 0 Å². The summed E-state index contributed by atoms with van der Waals surface area (Å²) in [5.41, 5.74) is 0.705. The summed E-state index contributed by atoms with van der Waals surface area (Å²) < 4.78 is 0. The van der Waals surface area contributed by atoms with E-state index in [9.17, 15) is 14.7 Å². The van der Waals surface area contributed by atoms with Gasteiger partial charge < -0.3 is 15.4 Å². The molecule has 1 heterocycles. The maximum absolute atomic E-state index is 12.1. The SMILES string of the molecule is CCCCCCCCCCCCCCCCCCCCCCCC(=O)N[C@@H](Cc1cnc[nH]1)C(=O)O. The highest BCUT2D eigenvalue weighted by Gasteiger charge is 2.20. The van der Waals surface area contributed by atoms with Crippen molar-refractivity contribution in [2.75, 3.05) is 0 Å². The van der Waals surface area contributed by atoms with Crippen LogP contribution in [0.1, 0.15) is 154 Å². The zero-order chi connectivity index (χ0) is 26.1. The highest BCUT2D eigenvalue weighted by Crippen LogP contribution is 2.15. The molecule has 36 heavy (non-hydrogen) atoms. The number of carboxylic acids is 1. The van der Waals surface area contributed by atoms with E-state index in [0.717, 1.165) is 19.3 Å². The smallest absolute Gasteiger partial charge is 0.326 e. The van der Waals surface area contributed by atoms with Gasteiger partial charge in [0.2, 0.25) is 5.91 Å². The lowest BCUT2D eigenvalue weighted by atomic mass is 10.0. The summed E-state index contributed by atoms with van der Waals surface area (Å²) in [6, 6.07) is -0.909. The Labute approximate surface area is 220 Å². The molecular weight excluding hydrogens is 450 g/mol. The van der Waals surface area contributed by atoms with Crippen LogP contribution in [0.3, 0.4) is 0 Å². The number of nitrogens with one attached hydrogen (secondary N) is 2. The van der Waals surface area contributed by atoms with Crippen LogP contribution in [-0.2, 0) is 16.0 Å². The molecule has 0 aromatic carbocycles. The number of carboxylic acid groups (broad SMARTS) is 1. The molecule has 1 rings (SSSR count). The van der Waals surface area contributed by atoms with Crippen molar-refractivity contribution >= 4 is 11.9 Å². The Morgan fingerprint density at radius 1 is 0.750 bits per heavy atom. The van der Waals surface area contributed by atoms with E-state index in [0.29, 0.717) is 12.1 Å². The van der Waals surface area contributed by atoms with Crippen molar-refractivity contribution in [3.63, 3.8) is 0 Å². The molecule has 6 heteroatoms. The summed E-state index contributed by atoms with van der Waals surface area (Å²) in [6.45, 7) is 2.28. The van der Waals surface area contributed by atoms with Gasteiger partial charge in [-0.2, -0.15) is 0 Å². The molecule has 0 saturated carbocycles. The number of aromatic nitrogens is 2. The van der Waals surface area contributed by atoms with Gasteiger partial charge in [-0.3, -0.25) is 4.79 Å². The first-order valence-corrected chi connectivity index (χ1v) is 15.1. The highest BCUT2D eigenvalue weighted by molar-refractivity contribution is 5.83. The largest absolute Gasteiger partial charge is 0.480 e. The molecule has 0 saturated heterocycles. The van der Waals surface area contributed by atoms with Crippen LogP contribution in [0.15, 0.2) is 12.5 Å². The standard InChI is InChI=1S/C30H55N3O3/c1-2-3-4-5-6-7-8-9-10-11-12-13-14-15-16-17-18-19-20-21-22-23-29(34)33-28(30(35)36)24-27-25-31-26-32-27/h25-26,28H,2-24H2,1H3,(H,31,32)(H,33,34)(H,35,36)/t28-/m0/s1. The van der Waals surface area contributed by atoms with Gasteiger partial charge in [-0.05, 0) is 6.42 Å². The lowest BCUT2D eigenvalue weighted by molar-refractivity contribution is -0.141. The molecule has 3 N–H and O–H groups in total. The molecule has 0 unspecified atom stereocenters. The van der Waals surface area contributed by atoms with Gasteiger partial charge >= 0.3 is 5.97 Å².